The molecule has 1 aromatic heterocycles. The number of benzene rings is 1. The second-order valence-electron chi connectivity index (χ2n) is 4.06. The molecular formula is C12H17N3. The Morgan fingerprint density at radius 1 is 1.47 bits per heavy atom. The number of nitrogens with zero attached hydrogens (tertiary/aromatic N) is 2. The van der Waals surface area contributed by atoms with E-state index in [2.05, 4.69) is 35.5 Å². The molecule has 3 nitrogen and oxygen atoms in total. The van der Waals surface area contributed by atoms with Crippen LogP contribution < -0.4 is 5.32 Å². The van der Waals surface area contributed by atoms with E-state index in [1.165, 1.54) is 16.5 Å². The van der Waals surface area contributed by atoms with E-state index in [0.29, 0.717) is 6.04 Å². The molecule has 0 bridgehead atoms. The van der Waals surface area contributed by atoms with Gasteiger partial charge in [0.25, 0.3) is 0 Å². The van der Waals surface area contributed by atoms with E-state index in [1.54, 1.807) is 0 Å². The van der Waals surface area contributed by atoms with E-state index in [0.717, 1.165) is 6.42 Å². The zero-order chi connectivity index (χ0) is 10.8. The molecule has 1 unspecified atom stereocenters. The van der Waals surface area contributed by atoms with Crippen molar-refractivity contribution < 1.29 is 0 Å². The second kappa shape index (κ2) is 4.03. The van der Waals surface area contributed by atoms with Crippen molar-refractivity contribution in [1.82, 2.24) is 15.1 Å². The van der Waals surface area contributed by atoms with Crippen LogP contribution in [0.15, 0.2) is 24.4 Å². The molecule has 2 aromatic rings. The van der Waals surface area contributed by atoms with Gasteiger partial charge in [-0.15, -0.1) is 0 Å². The highest BCUT2D eigenvalue weighted by Gasteiger charge is 2.03. The van der Waals surface area contributed by atoms with Gasteiger partial charge in [0, 0.05) is 18.5 Å². The smallest absolute Gasteiger partial charge is 0.0681 e. The Morgan fingerprint density at radius 3 is 3.00 bits per heavy atom. The number of likely N-dealkylation sites (N-methyl/N-ethyl adjacent to an activating group) is 1. The monoisotopic (exact) mass is 203 g/mol. The Morgan fingerprint density at radius 2 is 2.27 bits per heavy atom. The highest BCUT2D eigenvalue weighted by atomic mass is 15.2. The molecule has 0 amide bonds. The fraction of sp³-hybridized carbons (Fsp3) is 0.417. The molecule has 0 radical (unpaired) electrons. The van der Waals surface area contributed by atoms with Gasteiger partial charge in [0.05, 0.1) is 11.7 Å². The molecule has 3 heteroatoms. The van der Waals surface area contributed by atoms with Crippen molar-refractivity contribution in [3.05, 3.63) is 30.0 Å². The van der Waals surface area contributed by atoms with Crippen molar-refractivity contribution in [3.63, 3.8) is 0 Å². The molecule has 2 rings (SSSR count). The summed E-state index contributed by atoms with van der Waals surface area (Å²) in [6.07, 6.45) is 2.96. The number of nitrogens with one attached hydrogen (secondary N) is 1. The molecule has 0 saturated heterocycles. The van der Waals surface area contributed by atoms with Crippen LogP contribution in [0.3, 0.4) is 0 Å². The SMILES string of the molecule is CNC(C)Cc1ccc2cnn(C)c2c1. The van der Waals surface area contributed by atoms with Gasteiger partial charge >= 0.3 is 0 Å². The fourth-order valence-electron chi connectivity index (χ4n) is 1.77. The Labute approximate surface area is 90.1 Å². The van der Waals surface area contributed by atoms with Crippen molar-refractivity contribution in [1.29, 1.82) is 0 Å². The van der Waals surface area contributed by atoms with Crippen LogP contribution in [0, 0.1) is 0 Å². The summed E-state index contributed by atoms with van der Waals surface area (Å²) in [6.45, 7) is 2.19. The molecule has 0 spiro atoms. The third kappa shape index (κ3) is 2.02. The van der Waals surface area contributed by atoms with E-state index in [9.17, 15) is 0 Å². The van der Waals surface area contributed by atoms with Gasteiger partial charge in [-0.1, -0.05) is 12.1 Å². The number of hydrogen-bond acceptors (Lipinski definition) is 2. The van der Waals surface area contributed by atoms with Crippen LogP contribution in [-0.4, -0.2) is 22.9 Å². The average molecular weight is 203 g/mol. The molecule has 0 aliphatic heterocycles. The largest absolute Gasteiger partial charge is 0.317 e. The fourth-order valence-corrected chi connectivity index (χ4v) is 1.77. The first-order chi connectivity index (χ1) is 7.20. The Bertz CT molecular complexity index is 459. The maximum Gasteiger partial charge on any atom is 0.0681 e. The third-order valence-corrected chi connectivity index (χ3v) is 2.85. The van der Waals surface area contributed by atoms with Gasteiger partial charge in [-0.3, -0.25) is 4.68 Å². The van der Waals surface area contributed by atoms with Crippen LogP contribution in [0.5, 0.6) is 0 Å². The van der Waals surface area contributed by atoms with Gasteiger partial charge < -0.3 is 5.32 Å². The lowest BCUT2D eigenvalue weighted by molar-refractivity contribution is 0.608. The summed E-state index contributed by atoms with van der Waals surface area (Å²) in [5.74, 6) is 0. The Kier molecular flexibility index (Phi) is 2.73. The second-order valence-corrected chi connectivity index (χ2v) is 4.06. The van der Waals surface area contributed by atoms with Crippen LogP contribution in [0.4, 0.5) is 0 Å². The summed E-state index contributed by atoms with van der Waals surface area (Å²) in [4.78, 5) is 0. The minimum Gasteiger partial charge on any atom is -0.317 e. The highest BCUT2D eigenvalue weighted by molar-refractivity contribution is 5.79. The Hall–Kier alpha value is -1.35. The van der Waals surface area contributed by atoms with Gasteiger partial charge in [0.15, 0.2) is 0 Å². The van der Waals surface area contributed by atoms with Crippen molar-refractivity contribution in [2.45, 2.75) is 19.4 Å². The quantitative estimate of drug-likeness (QED) is 0.823. The molecule has 0 aliphatic carbocycles. The van der Waals surface area contributed by atoms with Crippen molar-refractivity contribution in [2.24, 2.45) is 7.05 Å². The van der Waals surface area contributed by atoms with Crippen LogP contribution >= 0.6 is 0 Å². The summed E-state index contributed by atoms with van der Waals surface area (Å²) in [5.41, 5.74) is 2.56. The number of aryl methyl sites for hydroxylation is 1. The van der Waals surface area contributed by atoms with Crippen molar-refractivity contribution in [2.75, 3.05) is 7.05 Å². The lowest BCUT2D eigenvalue weighted by Crippen LogP contribution is -2.23. The molecule has 1 N–H and O–H groups in total. The summed E-state index contributed by atoms with van der Waals surface area (Å²) >= 11 is 0. The van der Waals surface area contributed by atoms with E-state index in [1.807, 2.05) is 25.0 Å². The number of rotatable bonds is 3. The number of aromatic nitrogens is 2. The number of hydrogen-bond donors (Lipinski definition) is 1. The van der Waals surface area contributed by atoms with Crippen LogP contribution in [0.25, 0.3) is 10.9 Å². The molecule has 1 heterocycles. The zero-order valence-corrected chi connectivity index (χ0v) is 9.49. The van der Waals surface area contributed by atoms with E-state index in [-0.39, 0.29) is 0 Å². The molecule has 15 heavy (non-hydrogen) atoms. The molecular weight excluding hydrogens is 186 g/mol. The molecule has 80 valence electrons. The van der Waals surface area contributed by atoms with Crippen LogP contribution in [0.1, 0.15) is 12.5 Å². The molecule has 0 fully saturated rings. The van der Waals surface area contributed by atoms with E-state index in [4.69, 9.17) is 0 Å². The minimum atomic E-state index is 0.510. The van der Waals surface area contributed by atoms with Gasteiger partial charge in [-0.05, 0) is 32.0 Å². The van der Waals surface area contributed by atoms with E-state index >= 15 is 0 Å². The Balaban J connectivity index is 2.33. The predicted molar refractivity (Wildman–Crippen MR) is 62.9 cm³/mol. The zero-order valence-electron chi connectivity index (χ0n) is 9.49. The summed E-state index contributed by atoms with van der Waals surface area (Å²) < 4.78 is 1.92. The molecule has 0 aliphatic rings. The van der Waals surface area contributed by atoms with Gasteiger partial charge in [-0.25, -0.2) is 0 Å². The summed E-state index contributed by atoms with van der Waals surface area (Å²) in [5, 5.41) is 8.69. The average Bonchev–Trinajstić information content (AvgIpc) is 2.60. The normalized spacial score (nSPS) is 13.3. The first-order valence-corrected chi connectivity index (χ1v) is 5.28. The van der Waals surface area contributed by atoms with Crippen LogP contribution in [-0.2, 0) is 13.5 Å². The first kappa shape index (κ1) is 10.2. The number of fused-ring (bicyclic) bond motifs is 1. The highest BCUT2D eigenvalue weighted by Crippen LogP contribution is 2.15. The molecule has 1 aromatic carbocycles. The summed E-state index contributed by atoms with van der Waals surface area (Å²) in [6, 6.07) is 7.05. The van der Waals surface area contributed by atoms with Crippen molar-refractivity contribution in [3.8, 4) is 0 Å². The maximum absolute atomic E-state index is 4.24. The maximum atomic E-state index is 4.24. The van der Waals surface area contributed by atoms with Gasteiger partial charge in [-0.2, -0.15) is 5.10 Å². The third-order valence-electron chi connectivity index (χ3n) is 2.85. The van der Waals surface area contributed by atoms with Gasteiger partial charge in [0.2, 0.25) is 0 Å². The van der Waals surface area contributed by atoms with Gasteiger partial charge in [0.1, 0.15) is 0 Å². The van der Waals surface area contributed by atoms with Crippen LogP contribution in [0.2, 0.25) is 0 Å². The molecule has 0 saturated carbocycles. The minimum absolute atomic E-state index is 0.510. The van der Waals surface area contributed by atoms with E-state index < -0.39 is 0 Å². The lowest BCUT2D eigenvalue weighted by atomic mass is 10.1. The summed E-state index contributed by atoms with van der Waals surface area (Å²) in [7, 11) is 3.97. The standard InChI is InChI=1S/C12H17N3/c1-9(13-2)6-10-4-5-11-8-14-15(3)12(11)7-10/h4-5,7-9,13H,6H2,1-3H3. The van der Waals surface area contributed by atoms with Crippen molar-refractivity contribution >= 4 is 10.9 Å². The lowest BCUT2D eigenvalue weighted by Gasteiger charge is -2.09. The molecule has 1 atom stereocenters. The topological polar surface area (TPSA) is 29.9 Å². The predicted octanol–water partition coefficient (Wildman–Crippen LogP) is 1.72. The first-order valence-electron chi connectivity index (χ1n) is 5.28.